The molecule has 0 aliphatic rings. The van der Waals surface area contributed by atoms with Gasteiger partial charge in [-0.15, -0.1) is 0 Å². The topological polar surface area (TPSA) is 35.0 Å². The van der Waals surface area contributed by atoms with Crippen molar-refractivity contribution in [3.8, 4) is 5.75 Å². The molecule has 0 aliphatic carbocycles. The third kappa shape index (κ3) is 2.22. The molecule has 0 radical (unpaired) electrons. The first-order valence-electron chi connectivity index (χ1n) is 4.97. The zero-order valence-corrected chi connectivity index (χ0v) is 9.53. The first-order chi connectivity index (χ1) is 6.56. The molecule has 1 rings (SSSR count). The lowest BCUT2D eigenvalue weighted by atomic mass is 10.1. The van der Waals surface area contributed by atoms with E-state index in [-0.39, 0.29) is 0 Å². The van der Waals surface area contributed by atoms with E-state index in [0.717, 1.165) is 17.1 Å². The molecule has 1 aromatic heterocycles. The van der Waals surface area contributed by atoms with Crippen LogP contribution in [0, 0.1) is 0 Å². The van der Waals surface area contributed by atoms with Crippen molar-refractivity contribution >= 4 is 0 Å². The largest absolute Gasteiger partial charge is 0.495 e. The molecule has 0 saturated heterocycles. The maximum atomic E-state index is 5.29. The van der Waals surface area contributed by atoms with Gasteiger partial charge in [-0.2, -0.15) is 10.2 Å². The van der Waals surface area contributed by atoms with Crippen LogP contribution in [0.15, 0.2) is 6.07 Å². The molecule has 1 heterocycles. The van der Waals surface area contributed by atoms with Crippen molar-refractivity contribution in [2.45, 2.75) is 39.5 Å². The fraction of sp³-hybridized carbons (Fsp3) is 0.636. The lowest BCUT2D eigenvalue weighted by molar-refractivity contribution is 0.400. The molecule has 78 valence electrons. The number of nitrogens with zero attached hydrogens (tertiary/aromatic N) is 2. The Hall–Kier alpha value is -1.12. The van der Waals surface area contributed by atoms with Crippen LogP contribution in [-0.2, 0) is 0 Å². The highest BCUT2D eigenvalue weighted by molar-refractivity contribution is 5.31. The smallest absolute Gasteiger partial charge is 0.144 e. The molecule has 3 heteroatoms. The summed E-state index contributed by atoms with van der Waals surface area (Å²) >= 11 is 0. The average Bonchev–Trinajstić information content (AvgIpc) is 2.16. The zero-order valence-electron chi connectivity index (χ0n) is 9.53. The molecule has 0 atom stereocenters. The van der Waals surface area contributed by atoms with Crippen molar-refractivity contribution in [3.63, 3.8) is 0 Å². The van der Waals surface area contributed by atoms with Gasteiger partial charge in [-0.05, 0) is 5.92 Å². The van der Waals surface area contributed by atoms with E-state index in [4.69, 9.17) is 4.74 Å². The second-order valence-corrected chi connectivity index (χ2v) is 4.03. The van der Waals surface area contributed by atoms with Crippen LogP contribution in [0.1, 0.15) is 50.9 Å². The maximum absolute atomic E-state index is 5.29. The SMILES string of the molecule is COc1cc(C(C)C)nnc1C(C)C. The van der Waals surface area contributed by atoms with Gasteiger partial charge in [-0.25, -0.2) is 0 Å². The minimum atomic E-state index is 0.346. The summed E-state index contributed by atoms with van der Waals surface area (Å²) in [5.74, 6) is 1.58. The summed E-state index contributed by atoms with van der Waals surface area (Å²) in [4.78, 5) is 0. The molecule has 0 aliphatic heterocycles. The van der Waals surface area contributed by atoms with Crippen LogP contribution in [-0.4, -0.2) is 17.3 Å². The molecule has 0 fully saturated rings. The van der Waals surface area contributed by atoms with E-state index in [9.17, 15) is 0 Å². The Morgan fingerprint density at radius 1 is 1.07 bits per heavy atom. The summed E-state index contributed by atoms with van der Waals surface area (Å²) in [6, 6.07) is 1.98. The fourth-order valence-electron chi connectivity index (χ4n) is 1.24. The van der Waals surface area contributed by atoms with Gasteiger partial charge in [0.15, 0.2) is 0 Å². The number of hydrogen-bond acceptors (Lipinski definition) is 3. The normalized spacial score (nSPS) is 11.1. The Labute approximate surface area is 85.5 Å². The summed E-state index contributed by atoms with van der Waals surface area (Å²) in [6.45, 7) is 8.36. The van der Waals surface area contributed by atoms with E-state index >= 15 is 0 Å². The summed E-state index contributed by atoms with van der Waals surface area (Å²) < 4.78 is 5.29. The van der Waals surface area contributed by atoms with Gasteiger partial charge in [0.25, 0.3) is 0 Å². The van der Waals surface area contributed by atoms with E-state index in [0.29, 0.717) is 11.8 Å². The first-order valence-corrected chi connectivity index (χ1v) is 4.97. The quantitative estimate of drug-likeness (QED) is 0.742. The molecule has 0 amide bonds. The summed E-state index contributed by atoms with van der Waals surface area (Å²) in [6.07, 6.45) is 0. The van der Waals surface area contributed by atoms with Gasteiger partial charge in [-0.3, -0.25) is 0 Å². The van der Waals surface area contributed by atoms with Crippen molar-refractivity contribution in [2.24, 2.45) is 0 Å². The van der Waals surface area contributed by atoms with Crippen molar-refractivity contribution in [1.82, 2.24) is 10.2 Å². The lowest BCUT2D eigenvalue weighted by Gasteiger charge is -2.12. The lowest BCUT2D eigenvalue weighted by Crippen LogP contribution is -2.04. The molecule has 3 nitrogen and oxygen atoms in total. The predicted octanol–water partition coefficient (Wildman–Crippen LogP) is 2.73. The predicted molar refractivity (Wildman–Crippen MR) is 56.8 cm³/mol. The Bertz CT molecular complexity index is 308. The fourth-order valence-corrected chi connectivity index (χ4v) is 1.24. The van der Waals surface area contributed by atoms with Crippen LogP contribution < -0.4 is 4.74 Å². The molecular formula is C11H18N2O. The van der Waals surface area contributed by atoms with Crippen LogP contribution in [0.5, 0.6) is 5.75 Å². The molecule has 0 bridgehead atoms. The van der Waals surface area contributed by atoms with Gasteiger partial charge in [-0.1, -0.05) is 27.7 Å². The number of methoxy groups -OCH3 is 1. The Morgan fingerprint density at radius 3 is 2.14 bits per heavy atom. The monoisotopic (exact) mass is 194 g/mol. The zero-order chi connectivity index (χ0) is 10.7. The van der Waals surface area contributed by atoms with E-state index in [1.165, 1.54) is 0 Å². The van der Waals surface area contributed by atoms with Gasteiger partial charge >= 0.3 is 0 Å². The average molecular weight is 194 g/mol. The first kappa shape index (κ1) is 11.0. The summed E-state index contributed by atoms with van der Waals surface area (Å²) in [5.41, 5.74) is 1.91. The van der Waals surface area contributed by atoms with Crippen molar-refractivity contribution in [1.29, 1.82) is 0 Å². The van der Waals surface area contributed by atoms with Gasteiger partial charge < -0.3 is 4.74 Å². The number of hydrogen-bond donors (Lipinski definition) is 0. The Kier molecular flexibility index (Phi) is 3.44. The van der Waals surface area contributed by atoms with Crippen LogP contribution >= 0.6 is 0 Å². The molecule has 0 unspecified atom stereocenters. The molecular weight excluding hydrogens is 176 g/mol. The molecule has 0 aromatic carbocycles. The minimum absolute atomic E-state index is 0.346. The van der Waals surface area contributed by atoms with Crippen LogP contribution in [0.2, 0.25) is 0 Å². The highest BCUT2D eigenvalue weighted by Gasteiger charge is 2.12. The number of ether oxygens (including phenoxy) is 1. The summed E-state index contributed by atoms with van der Waals surface area (Å²) in [5, 5.41) is 8.37. The number of rotatable bonds is 3. The van der Waals surface area contributed by atoms with E-state index in [1.807, 2.05) is 6.07 Å². The second-order valence-electron chi connectivity index (χ2n) is 4.03. The number of aromatic nitrogens is 2. The van der Waals surface area contributed by atoms with Crippen molar-refractivity contribution < 1.29 is 4.74 Å². The van der Waals surface area contributed by atoms with Gasteiger partial charge in [0.05, 0.1) is 12.8 Å². The highest BCUT2D eigenvalue weighted by Crippen LogP contribution is 2.25. The minimum Gasteiger partial charge on any atom is -0.495 e. The van der Waals surface area contributed by atoms with E-state index in [1.54, 1.807) is 7.11 Å². The van der Waals surface area contributed by atoms with Crippen LogP contribution in [0.4, 0.5) is 0 Å². The third-order valence-corrected chi connectivity index (χ3v) is 2.16. The molecule has 0 saturated carbocycles. The standard InChI is InChI=1S/C11H18N2O/c1-7(2)9-6-10(14-5)11(8(3)4)13-12-9/h6-8H,1-5H3. The van der Waals surface area contributed by atoms with Crippen molar-refractivity contribution in [2.75, 3.05) is 7.11 Å². The Balaban J connectivity index is 3.11. The highest BCUT2D eigenvalue weighted by atomic mass is 16.5. The molecule has 1 aromatic rings. The molecule has 0 N–H and O–H groups in total. The molecule has 14 heavy (non-hydrogen) atoms. The van der Waals surface area contributed by atoms with E-state index in [2.05, 4.69) is 37.9 Å². The van der Waals surface area contributed by atoms with Gasteiger partial charge in [0.1, 0.15) is 11.4 Å². The van der Waals surface area contributed by atoms with E-state index < -0.39 is 0 Å². The van der Waals surface area contributed by atoms with Gasteiger partial charge in [0.2, 0.25) is 0 Å². The molecule has 0 spiro atoms. The van der Waals surface area contributed by atoms with Crippen molar-refractivity contribution in [3.05, 3.63) is 17.5 Å². The third-order valence-electron chi connectivity index (χ3n) is 2.16. The van der Waals surface area contributed by atoms with Crippen LogP contribution in [0.3, 0.4) is 0 Å². The Morgan fingerprint density at radius 2 is 1.71 bits per heavy atom. The van der Waals surface area contributed by atoms with Crippen LogP contribution in [0.25, 0.3) is 0 Å². The van der Waals surface area contributed by atoms with Gasteiger partial charge in [0, 0.05) is 12.0 Å². The second kappa shape index (κ2) is 4.40. The summed E-state index contributed by atoms with van der Waals surface area (Å²) in [7, 11) is 1.67. The maximum Gasteiger partial charge on any atom is 0.144 e.